The molecule has 21 N–H and O–H groups in total. The Labute approximate surface area is 640 Å². The lowest BCUT2D eigenvalue weighted by Gasteiger charge is -2.52. The first-order chi connectivity index (χ1) is 51.8. The van der Waals surface area contributed by atoms with Gasteiger partial charge in [-0.1, -0.05) is 207 Å². The molecule has 4 rings (SSSR count). The molecule has 0 aromatic heterocycles. The predicted molar refractivity (Wildman–Crippen MR) is 389 cm³/mol. The molecule has 0 radical (unpaired) electrons. The third kappa shape index (κ3) is 32.2. The minimum Gasteiger partial charge on any atom is -0.477 e. The van der Waals surface area contributed by atoms with E-state index in [9.17, 15) is 116 Å². The Morgan fingerprint density at radius 2 is 0.945 bits per heavy atom. The van der Waals surface area contributed by atoms with Crippen LogP contribution in [-0.4, -0.2) is 313 Å². The van der Waals surface area contributed by atoms with Gasteiger partial charge in [0.1, 0.15) is 98.2 Å². The number of carbonyl (C=O) groups is 5. The van der Waals surface area contributed by atoms with Crippen LogP contribution in [-0.2, 0) is 61.9 Å². The molecule has 0 bridgehead atoms. The number of carboxylic acid groups (broad SMARTS) is 2. The molecular formula is C75H137N3O31. The number of hydrogen-bond acceptors (Lipinski definition) is 29. The molecule has 3 amide bonds. The molecule has 0 aliphatic carbocycles. The Morgan fingerprint density at radius 3 is 1.41 bits per heavy atom. The zero-order valence-electron chi connectivity index (χ0n) is 64.7. The van der Waals surface area contributed by atoms with E-state index in [0.717, 1.165) is 84.0 Å². The Bertz CT molecular complexity index is 2540. The van der Waals surface area contributed by atoms with E-state index in [1.54, 1.807) is 0 Å². The molecule has 4 heterocycles. The SMILES string of the molecule is CCCCCCCCCCCCCCCCCCCCCCC(O)C(=O)NC(COC1OC(COC2(C(=O)O)CC(OC3(C(=O)O)CC(O)C(NC(=O)COC4OC(C)C(O)C(O)C4O)C(C(O)C(O)CO)O3)C(NC(C)=O)C(C(O)C(O)CO)O2)C(O)C(O)C1O)C(O)C(O)CCCCCCCCCCC(C)C. The Balaban J connectivity index is 1.52. The Hall–Kier alpha value is -3.61. The number of rotatable bonds is 57. The van der Waals surface area contributed by atoms with Crippen LogP contribution in [0.1, 0.15) is 247 Å². The lowest BCUT2D eigenvalue weighted by atomic mass is 9.86. The van der Waals surface area contributed by atoms with Crippen molar-refractivity contribution in [2.45, 2.75) is 405 Å². The topological polar surface area (TPSA) is 559 Å². The molecule has 0 spiro atoms. The lowest BCUT2D eigenvalue weighted by molar-refractivity contribution is -0.365. The second-order valence-electron chi connectivity index (χ2n) is 30.9. The monoisotopic (exact) mass is 1580 g/mol. The highest BCUT2D eigenvalue weighted by Gasteiger charge is 2.63. The van der Waals surface area contributed by atoms with E-state index in [4.69, 9.17) is 37.9 Å². The summed E-state index contributed by atoms with van der Waals surface area (Å²) in [4.78, 5) is 67.7. The molecule has 0 aromatic rings. The number of hydrogen-bond donors (Lipinski definition) is 21. The number of aliphatic hydroxyl groups is 16. The number of carbonyl (C=O) groups excluding carboxylic acids is 3. The quantitative estimate of drug-likeness (QED) is 0.0364. The molecule has 26 unspecified atom stereocenters. The number of aliphatic carboxylic acids is 2. The normalized spacial score (nSPS) is 31.1. The first-order valence-corrected chi connectivity index (χ1v) is 40.1. The van der Waals surface area contributed by atoms with Crippen LogP contribution in [0, 0.1) is 5.92 Å². The van der Waals surface area contributed by atoms with Crippen LogP contribution in [0.5, 0.6) is 0 Å². The van der Waals surface area contributed by atoms with Gasteiger partial charge in [-0.2, -0.15) is 0 Å². The minimum atomic E-state index is -3.41. The molecule has 0 aromatic carbocycles. The van der Waals surface area contributed by atoms with Gasteiger partial charge in [-0.05, 0) is 25.7 Å². The standard InChI is InChI=1S/C75H137N3O31/c1-6-7-8-9-10-11-12-13-14-15-16-17-18-19-20-21-22-27-30-33-36-49(83)69(97)77-47(59(89)48(82)35-32-29-26-24-23-25-28-31-34-44(2)3)41-102-71-66(96)64(94)62(92)54(106-71)42-104-74(72(98)99)38-53(57(76-46(5)81)68(108-74)61(91)52(86)40-80)107-75(73(100)101)37-50(84)56(67(109-75)60(90)51(85)39-79)78-55(87)43-103-70-65(95)63(93)58(88)45(4)105-70/h44-45,47-54,56-68,70-71,79-80,82-86,88-96H,6-43H2,1-5H3,(H,76,81)(H,77,97)(H,78,87)(H,98,99)(H,100,101). The van der Waals surface area contributed by atoms with E-state index >= 15 is 0 Å². The summed E-state index contributed by atoms with van der Waals surface area (Å²) in [5.74, 6) is -13.6. The van der Waals surface area contributed by atoms with Crippen molar-refractivity contribution in [2.75, 3.05) is 33.0 Å². The lowest BCUT2D eigenvalue weighted by Crippen LogP contribution is -2.72. The summed E-state index contributed by atoms with van der Waals surface area (Å²) < 4.78 is 46.1. The maximum atomic E-state index is 13.8. The van der Waals surface area contributed by atoms with Gasteiger partial charge in [0.2, 0.25) is 17.7 Å². The van der Waals surface area contributed by atoms with Gasteiger partial charge in [0, 0.05) is 19.8 Å². The van der Waals surface area contributed by atoms with Gasteiger partial charge in [-0.15, -0.1) is 0 Å². The second-order valence-corrected chi connectivity index (χ2v) is 30.9. The largest absolute Gasteiger partial charge is 0.477 e. The number of ether oxygens (including phenoxy) is 8. The molecule has 4 aliphatic heterocycles. The van der Waals surface area contributed by atoms with Crippen molar-refractivity contribution in [1.29, 1.82) is 0 Å². The number of aliphatic hydroxyl groups excluding tert-OH is 16. The molecule has 26 atom stereocenters. The van der Waals surface area contributed by atoms with Crippen LogP contribution in [0.25, 0.3) is 0 Å². The van der Waals surface area contributed by atoms with Crippen LogP contribution >= 0.6 is 0 Å². The molecule has 4 aliphatic rings. The number of carboxylic acids is 2. The van der Waals surface area contributed by atoms with Gasteiger partial charge in [0.05, 0.1) is 69.0 Å². The molecule has 34 nitrogen and oxygen atoms in total. The summed E-state index contributed by atoms with van der Waals surface area (Å²) in [6.45, 7) is 3.18. The highest BCUT2D eigenvalue weighted by Crippen LogP contribution is 2.42. The first-order valence-electron chi connectivity index (χ1n) is 40.1. The number of unbranched alkanes of at least 4 members (excludes halogenated alkanes) is 26. The number of nitrogens with one attached hydrogen (secondary N) is 3. The van der Waals surface area contributed by atoms with Crippen LogP contribution < -0.4 is 16.0 Å². The first kappa shape index (κ1) is 97.8. The van der Waals surface area contributed by atoms with Crippen molar-refractivity contribution in [3.05, 3.63) is 0 Å². The molecule has 4 saturated heterocycles. The summed E-state index contributed by atoms with van der Waals surface area (Å²) in [6.07, 6.45) is -12.7. The predicted octanol–water partition coefficient (Wildman–Crippen LogP) is 0.311. The van der Waals surface area contributed by atoms with Crippen molar-refractivity contribution >= 4 is 29.7 Å². The Morgan fingerprint density at radius 1 is 0.505 bits per heavy atom. The zero-order chi connectivity index (χ0) is 81.0. The Kier molecular flexibility index (Phi) is 46.1. The van der Waals surface area contributed by atoms with Crippen LogP contribution in [0.2, 0.25) is 0 Å². The van der Waals surface area contributed by atoms with Gasteiger partial charge in [-0.25, -0.2) is 9.59 Å². The van der Waals surface area contributed by atoms with E-state index in [1.165, 1.54) is 103 Å². The average Bonchev–Trinajstić information content (AvgIpc) is 0.743. The third-order valence-electron chi connectivity index (χ3n) is 21.2. The van der Waals surface area contributed by atoms with Crippen molar-refractivity contribution in [2.24, 2.45) is 5.92 Å². The molecule has 0 saturated carbocycles. The van der Waals surface area contributed by atoms with Gasteiger partial charge in [0.15, 0.2) is 12.6 Å². The van der Waals surface area contributed by atoms with Crippen molar-refractivity contribution in [3.63, 3.8) is 0 Å². The van der Waals surface area contributed by atoms with Crippen LogP contribution in [0.15, 0.2) is 0 Å². The molecule has 4 fully saturated rings. The minimum absolute atomic E-state index is 0.0549. The maximum Gasteiger partial charge on any atom is 0.364 e. The van der Waals surface area contributed by atoms with Crippen LogP contribution in [0.3, 0.4) is 0 Å². The summed E-state index contributed by atoms with van der Waals surface area (Å²) in [5, 5.41) is 205. The third-order valence-corrected chi connectivity index (χ3v) is 21.2. The van der Waals surface area contributed by atoms with Gasteiger partial charge < -0.3 is 146 Å². The van der Waals surface area contributed by atoms with Crippen molar-refractivity contribution in [1.82, 2.24) is 16.0 Å². The smallest absolute Gasteiger partial charge is 0.364 e. The molecule has 109 heavy (non-hydrogen) atoms. The van der Waals surface area contributed by atoms with Gasteiger partial charge in [-0.3, -0.25) is 14.4 Å². The molecular weight excluding hydrogens is 1440 g/mol. The zero-order valence-corrected chi connectivity index (χ0v) is 64.7. The van der Waals surface area contributed by atoms with Crippen LogP contribution in [0.4, 0.5) is 0 Å². The second kappa shape index (κ2) is 51.4. The fraction of sp³-hybridized carbons (Fsp3) is 0.933. The van der Waals surface area contributed by atoms with E-state index in [2.05, 4.69) is 36.7 Å². The van der Waals surface area contributed by atoms with Gasteiger partial charge in [0.25, 0.3) is 11.6 Å². The maximum absolute atomic E-state index is 13.8. The van der Waals surface area contributed by atoms with E-state index in [-0.39, 0.29) is 12.8 Å². The van der Waals surface area contributed by atoms with E-state index in [0.29, 0.717) is 18.8 Å². The average molecular weight is 1580 g/mol. The summed E-state index contributed by atoms with van der Waals surface area (Å²) >= 11 is 0. The van der Waals surface area contributed by atoms with Crippen molar-refractivity contribution < 1.29 is 154 Å². The molecule has 34 heteroatoms. The van der Waals surface area contributed by atoms with Crippen molar-refractivity contribution in [3.8, 4) is 0 Å². The highest BCUT2D eigenvalue weighted by atomic mass is 16.8. The molecule has 638 valence electrons. The van der Waals surface area contributed by atoms with E-state index < -0.39 is 234 Å². The fourth-order valence-corrected chi connectivity index (χ4v) is 14.4. The summed E-state index contributed by atoms with van der Waals surface area (Å²) in [7, 11) is 0. The number of amides is 3. The van der Waals surface area contributed by atoms with E-state index in [1.807, 2.05) is 0 Å². The highest BCUT2D eigenvalue weighted by molar-refractivity contribution is 5.81. The fourth-order valence-electron chi connectivity index (χ4n) is 14.4. The summed E-state index contributed by atoms with van der Waals surface area (Å²) in [6, 6.07) is -5.57. The van der Waals surface area contributed by atoms with Gasteiger partial charge >= 0.3 is 11.9 Å². The summed E-state index contributed by atoms with van der Waals surface area (Å²) in [5.41, 5.74) is 0.